The number of carbonyl (C=O) groups excluding carboxylic acids is 1. The molecule has 5 aromatic rings. The van der Waals surface area contributed by atoms with E-state index in [9.17, 15) is 9.18 Å². The van der Waals surface area contributed by atoms with E-state index in [0.717, 1.165) is 38.5 Å². The van der Waals surface area contributed by atoms with Gasteiger partial charge in [0.2, 0.25) is 5.91 Å². The molecule has 0 fully saturated rings. The molecule has 0 radical (unpaired) electrons. The molecule has 1 N–H and O–H groups in total. The minimum atomic E-state index is -0.308. The Balaban J connectivity index is 1.58. The third-order valence-corrected chi connectivity index (χ3v) is 5.47. The Kier molecular flexibility index (Phi) is 5.11. The lowest BCUT2D eigenvalue weighted by molar-refractivity contribution is -0.121. The lowest BCUT2D eigenvalue weighted by Crippen LogP contribution is -2.27. The van der Waals surface area contributed by atoms with Gasteiger partial charge in [-0.25, -0.2) is 4.39 Å². The van der Waals surface area contributed by atoms with Crippen LogP contribution in [0.5, 0.6) is 0 Å². The number of nitrogens with one attached hydrogen (secondary N) is 1. The topological polar surface area (TPSA) is 59.8 Å². The predicted octanol–water partition coefficient (Wildman–Crippen LogP) is 5.02. The number of amides is 1. The standard InChI is InChI=1S/C26H21FN4O/c1-17-7-12-23-21(13-17)26-22(15-28-23)25(19-8-10-20(27)11-9-19)30-31(26)16-24(32)29-14-18-5-3-2-4-6-18/h2-13,15H,14,16H2,1H3,(H,29,32). The summed E-state index contributed by atoms with van der Waals surface area (Å²) in [5.74, 6) is -0.446. The highest BCUT2D eigenvalue weighted by molar-refractivity contribution is 6.08. The van der Waals surface area contributed by atoms with Gasteiger partial charge in [-0.2, -0.15) is 5.10 Å². The molecular weight excluding hydrogens is 403 g/mol. The third kappa shape index (κ3) is 3.83. The largest absolute Gasteiger partial charge is 0.350 e. The number of halogens is 1. The van der Waals surface area contributed by atoms with E-state index in [1.54, 1.807) is 23.0 Å². The van der Waals surface area contributed by atoms with Crippen molar-refractivity contribution < 1.29 is 9.18 Å². The molecule has 0 saturated heterocycles. The second-order valence-electron chi connectivity index (χ2n) is 7.82. The lowest BCUT2D eigenvalue weighted by atomic mass is 10.1. The molecule has 0 bridgehead atoms. The van der Waals surface area contributed by atoms with Crippen molar-refractivity contribution in [2.24, 2.45) is 0 Å². The van der Waals surface area contributed by atoms with Gasteiger partial charge < -0.3 is 5.32 Å². The lowest BCUT2D eigenvalue weighted by Gasteiger charge is -2.08. The van der Waals surface area contributed by atoms with Crippen molar-refractivity contribution in [3.8, 4) is 11.3 Å². The Hall–Kier alpha value is -4.06. The van der Waals surface area contributed by atoms with Crippen molar-refractivity contribution in [3.63, 3.8) is 0 Å². The highest BCUT2D eigenvalue weighted by atomic mass is 19.1. The number of hydrogen-bond acceptors (Lipinski definition) is 3. The normalized spacial score (nSPS) is 11.2. The van der Waals surface area contributed by atoms with Crippen LogP contribution in [0.3, 0.4) is 0 Å². The Morgan fingerprint density at radius 1 is 1.00 bits per heavy atom. The zero-order valence-corrected chi connectivity index (χ0v) is 17.5. The number of fused-ring (bicyclic) bond motifs is 3. The maximum atomic E-state index is 13.5. The van der Waals surface area contributed by atoms with Crippen molar-refractivity contribution in [2.75, 3.05) is 0 Å². The van der Waals surface area contributed by atoms with Gasteiger partial charge in [0.15, 0.2) is 0 Å². The van der Waals surface area contributed by atoms with E-state index >= 15 is 0 Å². The van der Waals surface area contributed by atoms with Gasteiger partial charge in [0.25, 0.3) is 0 Å². The average molecular weight is 424 g/mol. The number of aromatic nitrogens is 3. The van der Waals surface area contributed by atoms with E-state index < -0.39 is 0 Å². The number of aryl methyl sites for hydroxylation is 1. The molecule has 2 heterocycles. The zero-order chi connectivity index (χ0) is 22.1. The van der Waals surface area contributed by atoms with Crippen LogP contribution in [0.4, 0.5) is 4.39 Å². The fourth-order valence-electron chi connectivity index (χ4n) is 3.89. The number of hydrogen-bond donors (Lipinski definition) is 1. The second kappa shape index (κ2) is 8.23. The molecule has 0 aliphatic carbocycles. The zero-order valence-electron chi connectivity index (χ0n) is 17.5. The summed E-state index contributed by atoms with van der Waals surface area (Å²) in [5, 5.41) is 9.47. The van der Waals surface area contributed by atoms with Gasteiger partial charge in [-0.1, -0.05) is 42.0 Å². The first-order valence-corrected chi connectivity index (χ1v) is 10.4. The summed E-state index contributed by atoms with van der Waals surface area (Å²) in [7, 11) is 0. The quantitative estimate of drug-likeness (QED) is 0.431. The summed E-state index contributed by atoms with van der Waals surface area (Å²) < 4.78 is 15.2. The van der Waals surface area contributed by atoms with Gasteiger partial charge >= 0.3 is 0 Å². The number of rotatable bonds is 5. The molecule has 158 valence electrons. The maximum Gasteiger partial charge on any atom is 0.242 e. The van der Waals surface area contributed by atoms with Crippen LogP contribution in [0.1, 0.15) is 11.1 Å². The van der Waals surface area contributed by atoms with Gasteiger partial charge in [0, 0.05) is 29.1 Å². The highest BCUT2D eigenvalue weighted by Crippen LogP contribution is 2.32. The van der Waals surface area contributed by atoms with Crippen molar-refractivity contribution in [1.82, 2.24) is 20.1 Å². The molecule has 0 aliphatic rings. The molecule has 32 heavy (non-hydrogen) atoms. The minimum Gasteiger partial charge on any atom is -0.350 e. The fourth-order valence-corrected chi connectivity index (χ4v) is 3.89. The van der Waals surface area contributed by atoms with Gasteiger partial charge in [-0.3, -0.25) is 14.5 Å². The predicted molar refractivity (Wildman–Crippen MR) is 123 cm³/mol. The van der Waals surface area contributed by atoms with Crippen molar-refractivity contribution in [1.29, 1.82) is 0 Å². The molecule has 0 aliphatic heterocycles. The summed E-state index contributed by atoms with van der Waals surface area (Å²) in [6, 6.07) is 22.0. The molecule has 6 heteroatoms. The van der Waals surface area contributed by atoms with Gasteiger partial charge in [0.05, 0.1) is 11.0 Å². The van der Waals surface area contributed by atoms with Crippen LogP contribution in [-0.4, -0.2) is 20.7 Å². The van der Waals surface area contributed by atoms with E-state index in [1.807, 2.05) is 49.4 Å². The summed E-state index contributed by atoms with van der Waals surface area (Å²) in [6.45, 7) is 2.54. The summed E-state index contributed by atoms with van der Waals surface area (Å²) >= 11 is 0. The first kappa shape index (κ1) is 19.9. The fraction of sp³-hybridized carbons (Fsp3) is 0.115. The van der Waals surface area contributed by atoms with Crippen LogP contribution >= 0.6 is 0 Å². The van der Waals surface area contributed by atoms with Gasteiger partial charge in [0.1, 0.15) is 18.1 Å². The van der Waals surface area contributed by atoms with Crippen molar-refractivity contribution in [3.05, 3.63) is 95.9 Å². The maximum absolute atomic E-state index is 13.5. The summed E-state index contributed by atoms with van der Waals surface area (Å²) in [6.07, 6.45) is 1.77. The minimum absolute atomic E-state index is 0.0670. The second-order valence-corrected chi connectivity index (χ2v) is 7.82. The Labute approximate surface area is 184 Å². The number of nitrogens with zero attached hydrogens (tertiary/aromatic N) is 3. The Morgan fingerprint density at radius 3 is 2.56 bits per heavy atom. The molecule has 0 atom stereocenters. The highest BCUT2D eigenvalue weighted by Gasteiger charge is 2.18. The number of pyridine rings is 1. The SMILES string of the molecule is Cc1ccc2ncc3c(-c4ccc(F)cc4)nn(CC(=O)NCc4ccccc4)c3c2c1. The molecule has 0 spiro atoms. The molecule has 1 amide bonds. The van der Waals surface area contributed by atoms with Crippen LogP contribution in [0, 0.1) is 12.7 Å². The van der Waals surface area contributed by atoms with E-state index in [1.165, 1.54) is 12.1 Å². The molecule has 3 aromatic carbocycles. The molecule has 0 unspecified atom stereocenters. The molecular formula is C26H21FN4O. The summed E-state index contributed by atoms with van der Waals surface area (Å²) in [5.41, 5.74) is 5.24. The number of carbonyl (C=O) groups is 1. The first-order valence-electron chi connectivity index (χ1n) is 10.4. The summed E-state index contributed by atoms with van der Waals surface area (Å²) in [4.78, 5) is 17.4. The van der Waals surface area contributed by atoms with Gasteiger partial charge in [-0.15, -0.1) is 0 Å². The van der Waals surface area contributed by atoms with E-state index in [4.69, 9.17) is 5.10 Å². The van der Waals surface area contributed by atoms with E-state index in [-0.39, 0.29) is 18.3 Å². The Morgan fingerprint density at radius 2 is 1.78 bits per heavy atom. The number of benzene rings is 3. The van der Waals surface area contributed by atoms with Crippen LogP contribution in [0.2, 0.25) is 0 Å². The molecule has 5 nitrogen and oxygen atoms in total. The van der Waals surface area contributed by atoms with Crippen LogP contribution in [0.15, 0.2) is 79.0 Å². The third-order valence-electron chi connectivity index (χ3n) is 5.47. The van der Waals surface area contributed by atoms with Gasteiger partial charge in [-0.05, 0) is 48.9 Å². The van der Waals surface area contributed by atoms with E-state index in [0.29, 0.717) is 12.2 Å². The molecule has 0 saturated carbocycles. The molecule has 5 rings (SSSR count). The van der Waals surface area contributed by atoms with Crippen LogP contribution < -0.4 is 5.32 Å². The monoisotopic (exact) mass is 424 g/mol. The first-order chi connectivity index (χ1) is 15.6. The van der Waals surface area contributed by atoms with E-state index in [2.05, 4.69) is 16.4 Å². The average Bonchev–Trinajstić information content (AvgIpc) is 3.17. The van der Waals surface area contributed by atoms with Crippen molar-refractivity contribution >= 4 is 27.7 Å². The Bertz CT molecular complexity index is 1430. The molecule has 2 aromatic heterocycles. The van der Waals surface area contributed by atoms with Crippen LogP contribution in [-0.2, 0) is 17.9 Å². The van der Waals surface area contributed by atoms with Crippen molar-refractivity contribution in [2.45, 2.75) is 20.0 Å². The van der Waals surface area contributed by atoms with Crippen LogP contribution in [0.25, 0.3) is 33.1 Å². The smallest absolute Gasteiger partial charge is 0.242 e.